The topological polar surface area (TPSA) is 38.8 Å². The van der Waals surface area contributed by atoms with E-state index in [1.54, 1.807) is 13.0 Å². The lowest BCUT2D eigenvalue weighted by atomic mass is 9.96. The zero-order valence-electron chi connectivity index (χ0n) is 15.0. The van der Waals surface area contributed by atoms with Crippen molar-refractivity contribution >= 4 is 23.3 Å². The first-order chi connectivity index (χ1) is 13.1. The molecule has 0 radical (unpaired) electrons. The highest BCUT2D eigenvalue weighted by Gasteiger charge is 2.51. The number of nitrogens with zero attached hydrogens (tertiary/aromatic N) is 1. The molecule has 5 rings (SSSR count). The third-order valence-corrected chi connectivity index (χ3v) is 6.75. The number of carbonyl (C=O) groups is 1. The second-order valence-corrected chi connectivity index (χ2v) is 8.11. The zero-order chi connectivity index (χ0) is 18.7. The Balaban J connectivity index is 1.57. The van der Waals surface area contributed by atoms with E-state index in [0.29, 0.717) is 37.0 Å². The third kappa shape index (κ3) is 2.66. The standard InChI is InChI=1S/C21H21ClFNO3/c1-2-26-21(25)19-10-24-16-5-3-4-15(23)13(16)9-17(24)14-8-12-11(20(12)22)6-7-18(14)27-19/h3-7,11-12,17,19-20H,2,8-10H2,1H3/t11-,12?,17?,19?,20?/m1/s1. The van der Waals surface area contributed by atoms with E-state index in [-0.39, 0.29) is 23.2 Å². The van der Waals surface area contributed by atoms with Gasteiger partial charge in [-0.05, 0) is 49.0 Å². The van der Waals surface area contributed by atoms with E-state index in [1.165, 1.54) is 6.07 Å². The summed E-state index contributed by atoms with van der Waals surface area (Å²) in [4.78, 5) is 14.6. The van der Waals surface area contributed by atoms with Crippen LogP contribution in [-0.4, -0.2) is 36.6 Å². The van der Waals surface area contributed by atoms with Gasteiger partial charge in [0.1, 0.15) is 11.6 Å². The first-order valence-electron chi connectivity index (χ1n) is 9.51. The molecule has 4 unspecified atom stereocenters. The van der Waals surface area contributed by atoms with E-state index in [9.17, 15) is 9.18 Å². The molecule has 0 saturated heterocycles. The minimum absolute atomic E-state index is 0.0146. The Morgan fingerprint density at radius 3 is 3.07 bits per heavy atom. The second kappa shape index (κ2) is 6.26. The largest absolute Gasteiger partial charge is 0.477 e. The molecular weight excluding hydrogens is 369 g/mol. The maximum absolute atomic E-state index is 14.5. The van der Waals surface area contributed by atoms with Gasteiger partial charge in [-0.2, -0.15) is 0 Å². The van der Waals surface area contributed by atoms with E-state index < -0.39 is 6.10 Å². The van der Waals surface area contributed by atoms with Crippen molar-refractivity contribution in [2.45, 2.75) is 37.3 Å². The molecule has 0 N–H and O–H groups in total. The Bertz CT molecular complexity index is 867. The smallest absolute Gasteiger partial charge is 0.349 e. The summed E-state index contributed by atoms with van der Waals surface area (Å²) in [6.45, 7) is 2.43. The molecular formula is C21H21ClFNO3. The number of anilines is 1. The molecule has 4 nitrogen and oxygen atoms in total. The number of ether oxygens (including phenoxy) is 2. The minimum Gasteiger partial charge on any atom is -0.477 e. The Labute approximate surface area is 162 Å². The number of carbonyl (C=O) groups excluding carboxylic acids is 1. The van der Waals surface area contributed by atoms with Crippen molar-refractivity contribution in [2.24, 2.45) is 11.8 Å². The van der Waals surface area contributed by atoms with Crippen LogP contribution >= 0.6 is 11.6 Å². The van der Waals surface area contributed by atoms with E-state index in [4.69, 9.17) is 21.1 Å². The van der Waals surface area contributed by atoms with Crippen LogP contribution in [0.3, 0.4) is 0 Å². The van der Waals surface area contributed by atoms with E-state index >= 15 is 0 Å². The fraction of sp³-hybridized carbons (Fsp3) is 0.476. The molecule has 2 heterocycles. The number of fused-ring (bicyclic) bond motifs is 5. The second-order valence-electron chi connectivity index (χ2n) is 7.61. The van der Waals surface area contributed by atoms with Crippen molar-refractivity contribution in [3.05, 3.63) is 53.1 Å². The van der Waals surface area contributed by atoms with Gasteiger partial charge >= 0.3 is 5.97 Å². The number of esters is 1. The van der Waals surface area contributed by atoms with Crippen LogP contribution in [0, 0.1) is 17.7 Å². The van der Waals surface area contributed by atoms with Crippen molar-refractivity contribution in [3.8, 4) is 0 Å². The molecule has 0 aromatic heterocycles. The molecule has 1 aromatic rings. The highest BCUT2D eigenvalue weighted by molar-refractivity contribution is 6.23. The summed E-state index contributed by atoms with van der Waals surface area (Å²) in [5.74, 6) is 0.878. The van der Waals surface area contributed by atoms with Crippen molar-refractivity contribution in [1.29, 1.82) is 0 Å². The van der Waals surface area contributed by atoms with Gasteiger partial charge in [-0.25, -0.2) is 9.18 Å². The minimum atomic E-state index is -0.736. The molecule has 2 aliphatic heterocycles. The van der Waals surface area contributed by atoms with E-state index in [0.717, 1.165) is 23.4 Å². The lowest BCUT2D eigenvalue weighted by Gasteiger charge is -2.28. The maximum Gasteiger partial charge on any atom is 0.349 e. The van der Waals surface area contributed by atoms with Gasteiger partial charge in [-0.1, -0.05) is 12.1 Å². The summed E-state index contributed by atoms with van der Waals surface area (Å²) >= 11 is 6.42. The normalized spacial score (nSPS) is 33.1. The lowest BCUT2D eigenvalue weighted by molar-refractivity contribution is -0.153. The van der Waals surface area contributed by atoms with Crippen LogP contribution in [0.5, 0.6) is 0 Å². The van der Waals surface area contributed by atoms with Gasteiger partial charge in [0.25, 0.3) is 0 Å². The Hall–Kier alpha value is -2.01. The fourth-order valence-electron chi connectivity index (χ4n) is 4.68. The average Bonchev–Trinajstić information content (AvgIpc) is 3.22. The van der Waals surface area contributed by atoms with Crippen LogP contribution in [0.25, 0.3) is 0 Å². The van der Waals surface area contributed by atoms with Crippen molar-refractivity contribution < 1.29 is 18.7 Å². The highest BCUT2D eigenvalue weighted by atomic mass is 35.5. The quantitative estimate of drug-likeness (QED) is 0.572. The molecule has 0 spiro atoms. The summed E-state index contributed by atoms with van der Waals surface area (Å²) in [6.07, 6.45) is 4.70. The van der Waals surface area contributed by atoms with Gasteiger partial charge in [-0.15, -0.1) is 11.6 Å². The van der Waals surface area contributed by atoms with Gasteiger partial charge in [0.2, 0.25) is 6.10 Å². The summed E-state index contributed by atoms with van der Waals surface area (Å²) < 4.78 is 25.8. The number of allylic oxidation sites excluding steroid dienone is 2. The van der Waals surface area contributed by atoms with Crippen LogP contribution in [0.4, 0.5) is 10.1 Å². The number of halogens is 2. The molecule has 0 bridgehead atoms. The predicted molar refractivity (Wildman–Crippen MR) is 100 cm³/mol. The molecule has 0 amide bonds. The SMILES string of the molecule is CCOC(=O)C1CN2c3cccc(F)c3CC2C2=C(C=C[C@H]3C(Cl)C3C2)O1. The van der Waals surface area contributed by atoms with Crippen LogP contribution in [-0.2, 0) is 20.7 Å². The third-order valence-electron chi connectivity index (χ3n) is 6.13. The van der Waals surface area contributed by atoms with E-state index in [1.807, 2.05) is 12.1 Å². The number of hydrogen-bond donors (Lipinski definition) is 0. The fourth-order valence-corrected chi connectivity index (χ4v) is 5.13. The molecule has 1 aromatic carbocycles. The molecule has 6 heteroatoms. The number of alkyl halides is 1. The Morgan fingerprint density at radius 2 is 2.26 bits per heavy atom. The van der Waals surface area contributed by atoms with Gasteiger partial charge in [-0.3, -0.25) is 0 Å². The number of benzene rings is 1. The summed E-state index contributed by atoms with van der Waals surface area (Å²) in [5, 5.41) is 0.147. The number of hydrogen-bond acceptors (Lipinski definition) is 4. The molecule has 142 valence electrons. The first-order valence-corrected chi connectivity index (χ1v) is 9.94. The van der Waals surface area contributed by atoms with E-state index in [2.05, 4.69) is 11.0 Å². The average molecular weight is 390 g/mol. The van der Waals surface area contributed by atoms with Crippen LogP contribution in [0.15, 0.2) is 41.7 Å². The summed E-state index contributed by atoms with van der Waals surface area (Å²) in [5.41, 5.74) is 2.67. The predicted octanol–water partition coefficient (Wildman–Crippen LogP) is 3.59. The molecule has 1 saturated carbocycles. The van der Waals surface area contributed by atoms with Crippen LogP contribution in [0.2, 0.25) is 0 Å². The zero-order valence-corrected chi connectivity index (χ0v) is 15.8. The monoisotopic (exact) mass is 389 g/mol. The van der Waals surface area contributed by atoms with Crippen LogP contribution < -0.4 is 4.90 Å². The van der Waals surface area contributed by atoms with Crippen molar-refractivity contribution in [2.75, 3.05) is 18.1 Å². The first kappa shape index (κ1) is 17.1. The Morgan fingerprint density at radius 1 is 1.41 bits per heavy atom. The highest BCUT2D eigenvalue weighted by Crippen LogP contribution is 2.53. The van der Waals surface area contributed by atoms with Crippen LogP contribution in [0.1, 0.15) is 18.9 Å². The number of rotatable bonds is 2. The van der Waals surface area contributed by atoms with Gasteiger partial charge in [0.15, 0.2) is 0 Å². The van der Waals surface area contributed by atoms with Crippen molar-refractivity contribution in [1.82, 2.24) is 0 Å². The Kier molecular flexibility index (Phi) is 3.97. The lowest BCUT2D eigenvalue weighted by Crippen LogP contribution is -2.41. The maximum atomic E-state index is 14.5. The molecule has 5 atom stereocenters. The van der Waals surface area contributed by atoms with Gasteiger partial charge in [0, 0.05) is 23.0 Å². The molecule has 27 heavy (non-hydrogen) atoms. The van der Waals surface area contributed by atoms with Gasteiger partial charge < -0.3 is 14.4 Å². The molecule has 1 fully saturated rings. The molecule has 4 aliphatic rings. The van der Waals surface area contributed by atoms with Gasteiger partial charge in [0.05, 0.1) is 19.2 Å². The van der Waals surface area contributed by atoms with Crippen molar-refractivity contribution in [3.63, 3.8) is 0 Å². The summed E-state index contributed by atoms with van der Waals surface area (Å²) in [6, 6.07) is 5.12. The summed E-state index contributed by atoms with van der Waals surface area (Å²) in [7, 11) is 0. The molecule has 2 aliphatic carbocycles.